The molecule has 130 valence electrons. The highest BCUT2D eigenvalue weighted by Crippen LogP contribution is 2.31. The molecule has 2 aromatic carbocycles. The average Bonchev–Trinajstić information content (AvgIpc) is 2.59. The van der Waals surface area contributed by atoms with E-state index in [0.29, 0.717) is 12.2 Å². The third-order valence-electron chi connectivity index (χ3n) is 4.27. The van der Waals surface area contributed by atoms with Crippen molar-refractivity contribution in [2.24, 2.45) is 0 Å². The van der Waals surface area contributed by atoms with Gasteiger partial charge in [0.1, 0.15) is 0 Å². The average molecular weight is 331 g/mol. The Morgan fingerprint density at radius 1 is 1.21 bits per heavy atom. The van der Waals surface area contributed by atoms with Gasteiger partial charge in [-0.05, 0) is 42.7 Å². The van der Waals surface area contributed by atoms with Crippen LogP contribution in [0.25, 0.3) is 0 Å². The summed E-state index contributed by atoms with van der Waals surface area (Å²) in [4.78, 5) is 2.14. The Kier molecular flexibility index (Phi) is 5.90. The zero-order valence-electron chi connectivity index (χ0n) is 14.8. The number of aryl methyl sites for hydroxylation is 1. The van der Waals surface area contributed by atoms with Crippen LogP contribution in [0, 0.1) is 5.82 Å². The second-order valence-electron chi connectivity index (χ2n) is 5.71. The molecule has 5 heteroatoms. The molecule has 0 aliphatic carbocycles. The molecule has 0 bridgehead atoms. The minimum atomic E-state index is -0.378. The SMILES string of the molecule is CCc1ccc(N)c(N(C)CC)c1CNc1ccc(OC)c(F)c1. The number of methoxy groups -OCH3 is 1. The van der Waals surface area contributed by atoms with Crippen molar-refractivity contribution >= 4 is 17.1 Å². The summed E-state index contributed by atoms with van der Waals surface area (Å²) in [6.45, 7) is 5.66. The highest BCUT2D eigenvalue weighted by molar-refractivity contribution is 5.73. The van der Waals surface area contributed by atoms with Gasteiger partial charge < -0.3 is 20.7 Å². The number of halogens is 1. The standard InChI is InChI=1S/C19H26FN3O/c1-5-13-7-9-17(21)19(23(3)6-2)15(13)12-22-14-8-10-18(24-4)16(20)11-14/h7-11,22H,5-6,12,21H2,1-4H3. The van der Waals surface area contributed by atoms with Gasteiger partial charge in [0, 0.05) is 31.9 Å². The Bertz CT molecular complexity index is 703. The Morgan fingerprint density at radius 3 is 2.54 bits per heavy atom. The van der Waals surface area contributed by atoms with E-state index in [1.54, 1.807) is 6.07 Å². The van der Waals surface area contributed by atoms with E-state index in [-0.39, 0.29) is 11.6 Å². The van der Waals surface area contributed by atoms with Crippen molar-refractivity contribution in [3.05, 3.63) is 47.3 Å². The molecule has 0 fully saturated rings. The predicted octanol–water partition coefficient (Wildman–Crippen LogP) is 4.05. The Morgan fingerprint density at radius 2 is 1.96 bits per heavy atom. The summed E-state index contributed by atoms with van der Waals surface area (Å²) in [6, 6.07) is 8.89. The minimum Gasteiger partial charge on any atom is -0.494 e. The van der Waals surface area contributed by atoms with Gasteiger partial charge in [-0.15, -0.1) is 0 Å². The van der Waals surface area contributed by atoms with Gasteiger partial charge in [0.15, 0.2) is 11.6 Å². The van der Waals surface area contributed by atoms with Crippen LogP contribution in [0.2, 0.25) is 0 Å². The molecule has 24 heavy (non-hydrogen) atoms. The van der Waals surface area contributed by atoms with Crippen LogP contribution in [0.1, 0.15) is 25.0 Å². The molecule has 0 aliphatic heterocycles. The molecular formula is C19H26FN3O. The summed E-state index contributed by atoms with van der Waals surface area (Å²) in [6.07, 6.45) is 0.915. The Hall–Kier alpha value is -2.43. The van der Waals surface area contributed by atoms with E-state index in [1.165, 1.54) is 18.7 Å². The van der Waals surface area contributed by atoms with Gasteiger partial charge in [-0.3, -0.25) is 0 Å². The number of ether oxygens (including phenoxy) is 1. The van der Waals surface area contributed by atoms with Crippen molar-refractivity contribution in [1.29, 1.82) is 0 Å². The first kappa shape index (κ1) is 17.9. The summed E-state index contributed by atoms with van der Waals surface area (Å²) in [5, 5.41) is 3.30. The van der Waals surface area contributed by atoms with Crippen LogP contribution in [0.4, 0.5) is 21.5 Å². The maximum Gasteiger partial charge on any atom is 0.167 e. The van der Waals surface area contributed by atoms with E-state index >= 15 is 0 Å². The first-order valence-electron chi connectivity index (χ1n) is 8.20. The maximum atomic E-state index is 13.9. The fourth-order valence-corrected chi connectivity index (χ4v) is 2.80. The number of nitrogens with zero attached hydrogens (tertiary/aromatic N) is 1. The number of hydrogen-bond donors (Lipinski definition) is 2. The zero-order valence-corrected chi connectivity index (χ0v) is 14.8. The minimum absolute atomic E-state index is 0.241. The number of nitrogens with one attached hydrogen (secondary N) is 1. The van der Waals surface area contributed by atoms with E-state index in [9.17, 15) is 4.39 Å². The number of anilines is 3. The molecule has 2 rings (SSSR count). The molecule has 2 aromatic rings. The van der Waals surface area contributed by atoms with Crippen molar-refractivity contribution in [3.8, 4) is 5.75 Å². The van der Waals surface area contributed by atoms with Gasteiger partial charge >= 0.3 is 0 Å². The lowest BCUT2D eigenvalue weighted by Gasteiger charge is -2.25. The number of benzene rings is 2. The monoisotopic (exact) mass is 331 g/mol. The molecule has 0 atom stereocenters. The fraction of sp³-hybridized carbons (Fsp3) is 0.368. The van der Waals surface area contributed by atoms with Gasteiger partial charge in [0.05, 0.1) is 18.5 Å². The van der Waals surface area contributed by atoms with E-state index in [4.69, 9.17) is 10.5 Å². The van der Waals surface area contributed by atoms with Crippen molar-refractivity contribution in [3.63, 3.8) is 0 Å². The molecule has 4 nitrogen and oxygen atoms in total. The third-order valence-corrected chi connectivity index (χ3v) is 4.27. The molecule has 0 amide bonds. The molecule has 3 N–H and O–H groups in total. The third kappa shape index (κ3) is 3.72. The van der Waals surface area contributed by atoms with Crippen molar-refractivity contribution < 1.29 is 9.13 Å². The fourth-order valence-electron chi connectivity index (χ4n) is 2.80. The van der Waals surface area contributed by atoms with E-state index in [1.807, 2.05) is 19.2 Å². The lowest BCUT2D eigenvalue weighted by atomic mass is 10.0. The second kappa shape index (κ2) is 7.90. The van der Waals surface area contributed by atoms with Gasteiger partial charge in [0.2, 0.25) is 0 Å². The lowest BCUT2D eigenvalue weighted by Crippen LogP contribution is -2.21. The lowest BCUT2D eigenvalue weighted by molar-refractivity contribution is 0.386. The molecule has 0 unspecified atom stereocenters. The van der Waals surface area contributed by atoms with Crippen LogP contribution < -0.4 is 20.7 Å². The highest BCUT2D eigenvalue weighted by atomic mass is 19.1. The summed E-state index contributed by atoms with van der Waals surface area (Å²) in [5.41, 5.74) is 11.1. The molecule has 0 saturated carbocycles. The maximum absolute atomic E-state index is 13.9. The quantitative estimate of drug-likeness (QED) is 0.752. The Balaban J connectivity index is 2.31. The smallest absolute Gasteiger partial charge is 0.167 e. The first-order valence-corrected chi connectivity index (χ1v) is 8.20. The summed E-state index contributed by atoms with van der Waals surface area (Å²) < 4.78 is 18.8. The second-order valence-corrected chi connectivity index (χ2v) is 5.71. The van der Waals surface area contributed by atoms with Crippen LogP contribution in [-0.2, 0) is 13.0 Å². The number of hydrogen-bond acceptors (Lipinski definition) is 4. The van der Waals surface area contributed by atoms with Crippen molar-refractivity contribution in [2.45, 2.75) is 26.8 Å². The van der Waals surface area contributed by atoms with Crippen molar-refractivity contribution in [2.75, 3.05) is 36.7 Å². The molecule has 0 spiro atoms. The van der Waals surface area contributed by atoms with Crippen LogP contribution >= 0.6 is 0 Å². The molecule has 0 aliphatic rings. The number of nitrogen functional groups attached to an aromatic ring is 1. The summed E-state index contributed by atoms with van der Waals surface area (Å²) >= 11 is 0. The van der Waals surface area contributed by atoms with Crippen LogP contribution in [-0.4, -0.2) is 20.7 Å². The van der Waals surface area contributed by atoms with Gasteiger partial charge in [0.25, 0.3) is 0 Å². The molecular weight excluding hydrogens is 305 g/mol. The highest BCUT2D eigenvalue weighted by Gasteiger charge is 2.14. The van der Waals surface area contributed by atoms with Gasteiger partial charge in [-0.2, -0.15) is 0 Å². The zero-order chi connectivity index (χ0) is 17.7. The first-order chi connectivity index (χ1) is 11.5. The predicted molar refractivity (Wildman–Crippen MR) is 99.5 cm³/mol. The number of nitrogens with two attached hydrogens (primary N) is 1. The van der Waals surface area contributed by atoms with Crippen LogP contribution in [0.3, 0.4) is 0 Å². The molecule has 0 radical (unpaired) electrons. The normalized spacial score (nSPS) is 10.5. The van der Waals surface area contributed by atoms with E-state index in [2.05, 4.69) is 30.1 Å². The topological polar surface area (TPSA) is 50.5 Å². The van der Waals surface area contributed by atoms with E-state index in [0.717, 1.165) is 29.9 Å². The van der Waals surface area contributed by atoms with Crippen molar-refractivity contribution in [1.82, 2.24) is 0 Å². The van der Waals surface area contributed by atoms with E-state index < -0.39 is 0 Å². The van der Waals surface area contributed by atoms with Crippen LogP contribution in [0.5, 0.6) is 5.75 Å². The molecule has 0 aromatic heterocycles. The largest absolute Gasteiger partial charge is 0.494 e. The number of rotatable bonds is 7. The van der Waals surface area contributed by atoms with Crippen LogP contribution in [0.15, 0.2) is 30.3 Å². The molecule has 0 saturated heterocycles. The molecule has 0 heterocycles. The summed E-state index contributed by atoms with van der Waals surface area (Å²) in [5.74, 6) is -0.137. The van der Waals surface area contributed by atoms with Gasteiger partial charge in [-0.25, -0.2) is 4.39 Å². The Labute approximate surface area is 143 Å². The van der Waals surface area contributed by atoms with Gasteiger partial charge in [-0.1, -0.05) is 13.0 Å². The summed E-state index contributed by atoms with van der Waals surface area (Å²) in [7, 11) is 3.49.